The van der Waals surface area contributed by atoms with Crippen molar-refractivity contribution in [3.05, 3.63) is 49.6 Å². The number of aliphatic hydroxyl groups excluding tert-OH is 1. The van der Waals surface area contributed by atoms with E-state index in [9.17, 15) is 24.3 Å². The average Bonchev–Trinajstić information content (AvgIpc) is 3.64. The Hall–Kier alpha value is -3.22. The predicted molar refractivity (Wildman–Crippen MR) is 180 cm³/mol. The largest absolute Gasteiger partial charge is 0.460 e. The molecule has 7 atom stereocenters. The van der Waals surface area contributed by atoms with Gasteiger partial charge in [-0.1, -0.05) is 28.1 Å². The number of aliphatic hydroxyl groups is 1. The van der Waals surface area contributed by atoms with Crippen LogP contribution in [-0.2, 0) is 28.7 Å². The summed E-state index contributed by atoms with van der Waals surface area (Å²) in [5.74, 6) is -3.36. The Balaban J connectivity index is 1.63. The number of benzene rings is 1. The second kappa shape index (κ2) is 15.6. The number of rotatable bonds is 17. The van der Waals surface area contributed by atoms with Crippen LogP contribution in [0.4, 0.5) is 11.4 Å². The molecule has 0 radical (unpaired) electrons. The van der Waals surface area contributed by atoms with Gasteiger partial charge in [0.1, 0.15) is 17.7 Å². The Morgan fingerprint density at radius 1 is 1.20 bits per heavy atom. The van der Waals surface area contributed by atoms with Gasteiger partial charge in [0.25, 0.3) is 5.91 Å². The van der Waals surface area contributed by atoms with Gasteiger partial charge in [0, 0.05) is 55.4 Å². The first-order valence-corrected chi connectivity index (χ1v) is 17.1. The van der Waals surface area contributed by atoms with Crippen molar-refractivity contribution in [1.82, 2.24) is 10.2 Å². The number of ether oxygens (including phenoxy) is 2. The minimum atomic E-state index is -1.27. The van der Waals surface area contributed by atoms with E-state index in [0.29, 0.717) is 18.5 Å². The van der Waals surface area contributed by atoms with Crippen molar-refractivity contribution in [2.75, 3.05) is 49.1 Å². The maximum atomic E-state index is 14.6. The monoisotopic (exact) mass is 702 g/mol. The van der Waals surface area contributed by atoms with Crippen molar-refractivity contribution < 1.29 is 33.8 Å². The Bertz CT molecular complexity index is 1290. The topological polar surface area (TPSA) is 129 Å². The molecule has 11 nitrogen and oxygen atoms in total. The highest BCUT2D eigenvalue weighted by molar-refractivity contribution is 9.09. The van der Waals surface area contributed by atoms with Gasteiger partial charge in [-0.3, -0.25) is 19.2 Å². The Labute approximate surface area is 280 Å². The average molecular weight is 704 g/mol. The SMILES string of the molecule is C=CCCC(=O)NC[C@@H](C)OC(=O)[C@@H]1[C@H]2O[C@@]3(CC2Br)[C@H](C(=O)N(CC=C)c2ccc(N(CC)CC)cc2)N(CCCO)C(=O)[C@@H]13. The molecule has 3 saturated heterocycles. The number of allylic oxidation sites excluding steroid dienone is 1. The maximum Gasteiger partial charge on any atom is 0.312 e. The van der Waals surface area contributed by atoms with E-state index in [1.54, 1.807) is 24.0 Å². The van der Waals surface area contributed by atoms with E-state index >= 15 is 0 Å². The van der Waals surface area contributed by atoms with Gasteiger partial charge in [-0.25, -0.2) is 0 Å². The fourth-order valence-corrected chi connectivity index (χ4v) is 8.03. The number of halogens is 1. The quantitative estimate of drug-likeness (QED) is 0.144. The molecule has 46 heavy (non-hydrogen) atoms. The summed E-state index contributed by atoms with van der Waals surface area (Å²) < 4.78 is 12.3. The van der Waals surface area contributed by atoms with Crippen molar-refractivity contribution in [2.45, 2.75) is 75.1 Å². The number of esters is 1. The molecule has 0 aliphatic carbocycles. The van der Waals surface area contributed by atoms with Crippen LogP contribution in [0.1, 0.15) is 46.5 Å². The highest BCUT2D eigenvalue weighted by Gasteiger charge is 2.77. The summed E-state index contributed by atoms with van der Waals surface area (Å²) in [6.07, 6.45) is 3.41. The van der Waals surface area contributed by atoms with E-state index in [0.717, 1.165) is 18.8 Å². The number of carbonyl (C=O) groups is 4. The molecule has 252 valence electrons. The first-order chi connectivity index (χ1) is 22.1. The summed E-state index contributed by atoms with van der Waals surface area (Å²) in [7, 11) is 0. The van der Waals surface area contributed by atoms with Gasteiger partial charge in [0.05, 0.1) is 24.5 Å². The molecule has 1 aromatic carbocycles. The lowest BCUT2D eigenvalue weighted by Crippen LogP contribution is -2.57. The third-order valence-corrected chi connectivity index (χ3v) is 10.0. The molecule has 2 bridgehead atoms. The summed E-state index contributed by atoms with van der Waals surface area (Å²) in [5, 5.41) is 12.4. The smallest absolute Gasteiger partial charge is 0.312 e. The van der Waals surface area contributed by atoms with Crippen molar-refractivity contribution in [1.29, 1.82) is 0 Å². The lowest BCUT2D eigenvalue weighted by atomic mass is 9.70. The third kappa shape index (κ3) is 6.89. The zero-order valence-corrected chi connectivity index (χ0v) is 28.6. The van der Waals surface area contributed by atoms with E-state index in [1.807, 2.05) is 24.3 Å². The van der Waals surface area contributed by atoms with Crippen LogP contribution in [0, 0.1) is 11.8 Å². The summed E-state index contributed by atoms with van der Waals surface area (Å²) in [6, 6.07) is 6.69. The fraction of sp³-hybridized carbons (Fsp3) is 0.588. The van der Waals surface area contributed by atoms with Crippen LogP contribution >= 0.6 is 15.9 Å². The molecule has 1 aromatic rings. The molecule has 3 heterocycles. The lowest BCUT2D eigenvalue weighted by Gasteiger charge is -2.37. The molecular formula is C34H47BrN4O7. The summed E-state index contributed by atoms with van der Waals surface area (Å²) in [6.45, 7) is 15.3. The van der Waals surface area contributed by atoms with E-state index < -0.39 is 41.7 Å². The molecule has 3 aliphatic heterocycles. The molecule has 1 unspecified atom stereocenters. The van der Waals surface area contributed by atoms with Crippen LogP contribution in [0.5, 0.6) is 0 Å². The van der Waals surface area contributed by atoms with Crippen molar-refractivity contribution in [2.24, 2.45) is 11.8 Å². The minimum Gasteiger partial charge on any atom is -0.460 e. The summed E-state index contributed by atoms with van der Waals surface area (Å²) in [4.78, 5) is 59.6. The van der Waals surface area contributed by atoms with Crippen molar-refractivity contribution >= 4 is 51.0 Å². The standard InChI is InChI=1S/C34H47BrN4O7/c1-6-10-12-26(41)36-21-22(5)45-33(44)27-28-31(42)39(18-11-19-40)30(34(28)20-25(35)29(27)46-34)32(43)38(17-7-2)24-15-13-23(14-16-24)37(8-3)9-4/h6-7,13-16,22,25,27-30,40H,1-2,8-12,17-21H2,3-5H3,(H,36,41)/t22-,25?,27+,28-,29+,30+,34-/m1/s1. The Morgan fingerprint density at radius 2 is 1.87 bits per heavy atom. The third-order valence-electron chi connectivity index (χ3n) is 9.20. The molecule has 0 saturated carbocycles. The van der Waals surface area contributed by atoms with E-state index in [2.05, 4.69) is 53.2 Å². The normalized spacial score (nSPS) is 26.8. The molecule has 4 rings (SSSR count). The molecular weight excluding hydrogens is 656 g/mol. The first kappa shape index (κ1) is 35.6. The molecule has 3 aliphatic rings. The number of nitrogens with zero attached hydrogens (tertiary/aromatic N) is 3. The van der Waals surface area contributed by atoms with Crippen LogP contribution in [-0.4, -0.2) is 102 Å². The second-order valence-electron chi connectivity index (χ2n) is 12.1. The number of alkyl halides is 1. The molecule has 3 fully saturated rings. The fourth-order valence-electron chi connectivity index (χ4n) is 7.09. The Morgan fingerprint density at radius 3 is 2.48 bits per heavy atom. The number of nitrogens with one attached hydrogen (secondary N) is 1. The molecule has 1 spiro atoms. The van der Waals surface area contributed by atoms with E-state index in [4.69, 9.17) is 9.47 Å². The first-order valence-electron chi connectivity index (χ1n) is 16.2. The predicted octanol–water partition coefficient (Wildman–Crippen LogP) is 3.20. The Kier molecular flexibility index (Phi) is 12.1. The lowest BCUT2D eigenvalue weighted by molar-refractivity contribution is -0.159. The number of fused-ring (bicyclic) bond motifs is 1. The number of hydrogen-bond donors (Lipinski definition) is 2. The van der Waals surface area contributed by atoms with Crippen molar-refractivity contribution in [3.8, 4) is 0 Å². The molecule has 0 aromatic heterocycles. The van der Waals surface area contributed by atoms with Crippen LogP contribution in [0.25, 0.3) is 0 Å². The molecule has 12 heteroatoms. The van der Waals surface area contributed by atoms with Gasteiger partial charge in [0.2, 0.25) is 11.8 Å². The highest BCUT2D eigenvalue weighted by Crippen LogP contribution is 2.60. The number of carbonyl (C=O) groups excluding carboxylic acids is 4. The van der Waals surface area contributed by atoms with Gasteiger partial charge in [-0.2, -0.15) is 0 Å². The molecule has 2 N–H and O–H groups in total. The van der Waals surface area contributed by atoms with Crippen LogP contribution in [0.2, 0.25) is 0 Å². The van der Waals surface area contributed by atoms with Crippen LogP contribution < -0.4 is 15.1 Å². The van der Waals surface area contributed by atoms with Gasteiger partial charge >= 0.3 is 5.97 Å². The van der Waals surface area contributed by atoms with Gasteiger partial charge < -0.3 is 34.6 Å². The number of anilines is 2. The van der Waals surface area contributed by atoms with Gasteiger partial charge in [0.15, 0.2) is 0 Å². The van der Waals surface area contributed by atoms with Crippen LogP contribution in [0.3, 0.4) is 0 Å². The summed E-state index contributed by atoms with van der Waals surface area (Å²) in [5.41, 5.74) is 0.415. The highest BCUT2D eigenvalue weighted by atomic mass is 79.9. The summed E-state index contributed by atoms with van der Waals surface area (Å²) >= 11 is 3.68. The number of likely N-dealkylation sites (tertiary alicyclic amines) is 1. The van der Waals surface area contributed by atoms with Gasteiger partial charge in [-0.05, 0) is 64.3 Å². The van der Waals surface area contributed by atoms with Crippen molar-refractivity contribution in [3.63, 3.8) is 0 Å². The minimum absolute atomic E-state index is 0.120. The zero-order chi connectivity index (χ0) is 33.6. The number of hydrogen-bond acceptors (Lipinski definition) is 8. The van der Waals surface area contributed by atoms with E-state index in [1.165, 1.54) is 4.90 Å². The second-order valence-corrected chi connectivity index (χ2v) is 13.3. The number of amides is 3. The van der Waals surface area contributed by atoms with E-state index in [-0.39, 0.29) is 61.6 Å². The molecule has 3 amide bonds. The zero-order valence-electron chi connectivity index (χ0n) is 27.0. The van der Waals surface area contributed by atoms with Gasteiger partial charge in [-0.15, -0.1) is 13.2 Å². The van der Waals surface area contributed by atoms with Crippen LogP contribution in [0.15, 0.2) is 49.6 Å². The maximum absolute atomic E-state index is 14.6.